The normalized spacial score (nSPS) is 11.9. The molecule has 0 aliphatic carbocycles. The lowest BCUT2D eigenvalue weighted by Gasteiger charge is -2.14. The van der Waals surface area contributed by atoms with Crippen molar-refractivity contribution in [2.24, 2.45) is 0 Å². The van der Waals surface area contributed by atoms with Crippen molar-refractivity contribution >= 4 is 17.7 Å². The summed E-state index contributed by atoms with van der Waals surface area (Å²) >= 11 is 1.31. The van der Waals surface area contributed by atoms with Gasteiger partial charge in [0.2, 0.25) is 11.1 Å². The first-order valence-corrected chi connectivity index (χ1v) is 8.94. The average Bonchev–Trinajstić information content (AvgIpc) is 3.10. The maximum atomic E-state index is 12.2. The number of hydrogen-bond donors (Lipinski definition) is 1. The van der Waals surface area contributed by atoms with Crippen molar-refractivity contribution in [1.82, 2.24) is 25.5 Å². The fourth-order valence-electron chi connectivity index (χ4n) is 2.36. The van der Waals surface area contributed by atoms with Crippen LogP contribution in [0, 0.1) is 6.92 Å². The number of amides is 1. The smallest absolute Gasteiger partial charge is 0.230 e. The third kappa shape index (κ3) is 4.45. The lowest BCUT2D eigenvalue weighted by Crippen LogP contribution is -2.28. The summed E-state index contributed by atoms with van der Waals surface area (Å²) in [6, 6.07) is 17.7. The zero-order chi connectivity index (χ0) is 17.6. The van der Waals surface area contributed by atoms with E-state index in [9.17, 15) is 4.79 Å². The van der Waals surface area contributed by atoms with Crippen LogP contribution in [0.1, 0.15) is 24.1 Å². The molecule has 0 bridgehead atoms. The van der Waals surface area contributed by atoms with Crippen LogP contribution in [-0.2, 0) is 4.79 Å². The summed E-state index contributed by atoms with van der Waals surface area (Å²) in [7, 11) is 0. The molecule has 0 aliphatic rings. The summed E-state index contributed by atoms with van der Waals surface area (Å²) in [6.07, 6.45) is 0. The molecule has 3 rings (SSSR count). The van der Waals surface area contributed by atoms with Crippen LogP contribution in [-0.4, -0.2) is 31.9 Å². The van der Waals surface area contributed by atoms with E-state index >= 15 is 0 Å². The minimum atomic E-state index is -0.0557. The Morgan fingerprint density at radius 1 is 1.16 bits per heavy atom. The van der Waals surface area contributed by atoms with E-state index in [1.54, 1.807) is 4.68 Å². The van der Waals surface area contributed by atoms with E-state index in [-0.39, 0.29) is 17.7 Å². The second-order valence-corrected chi connectivity index (χ2v) is 6.64. The molecule has 7 heteroatoms. The second-order valence-electron chi connectivity index (χ2n) is 5.70. The lowest BCUT2D eigenvalue weighted by atomic mass is 10.1. The number of aromatic nitrogens is 4. The number of nitrogens with one attached hydrogen (secondary N) is 1. The average molecular weight is 353 g/mol. The number of thioether (sulfide) groups is 1. The van der Waals surface area contributed by atoms with E-state index in [0.29, 0.717) is 5.16 Å². The molecule has 0 spiro atoms. The van der Waals surface area contributed by atoms with E-state index < -0.39 is 0 Å². The van der Waals surface area contributed by atoms with Crippen LogP contribution in [0.2, 0.25) is 0 Å². The van der Waals surface area contributed by atoms with Gasteiger partial charge in [-0.3, -0.25) is 4.79 Å². The Morgan fingerprint density at radius 2 is 1.88 bits per heavy atom. The van der Waals surface area contributed by atoms with Crippen LogP contribution >= 0.6 is 11.8 Å². The van der Waals surface area contributed by atoms with Gasteiger partial charge in [-0.1, -0.05) is 59.8 Å². The molecule has 2 aromatic carbocycles. The van der Waals surface area contributed by atoms with Gasteiger partial charge in [0.15, 0.2) is 0 Å². The van der Waals surface area contributed by atoms with Gasteiger partial charge in [0.25, 0.3) is 0 Å². The number of benzene rings is 2. The van der Waals surface area contributed by atoms with Crippen molar-refractivity contribution in [2.45, 2.75) is 25.0 Å². The molecule has 1 N–H and O–H groups in total. The van der Waals surface area contributed by atoms with Crippen LogP contribution in [0.4, 0.5) is 0 Å². The number of aryl methyl sites for hydroxylation is 1. The number of carbonyl (C=O) groups is 1. The van der Waals surface area contributed by atoms with Crippen LogP contribution in [0.15, 0.2) is 59.8 Å². The Labute approximate surface area is 150 Å². The first kappa shape index (κ1) is 17.2. The van der Waals surface area contributed by atoms with Crippen LogP contribution in [0.25, 0.3) is 5.69 Å². The quantitative estimate of drug-likeness (QED) is 0.690. The molecule has 6 nitrogen and oxygen atoms in total. The van der Waals surface area contributed by atoms with Gasteiger partial charge in [-0.05, 0) is 42.0 Å². The fourth-order valence-corrected chi connectivity index (χ4v) is 3.06. The Bertz CT molecular complexity index is 832. The molecule has 1 amide bonds. The van der Waals surface area contributed by atoms with Crippen molar-refractivity contribution in [2.75, 3.05) is 5.75 Å². The third-order valence-corrected chi connectivity index (χ3v) is 4.65. The van der Waals surface area contributed by atoms with E-state index in [1.165, 1.54) is 17.3 Å². The Morgan fingerprint density at radius 3 is 2.60 bits per heavy atom. The van der Waals surface area contributed by atoms with Gasteiger partial charge < -0.3 is 5.32 Å². The highest BCUT2D eigenvalue weighted by molar-refractivity contribution is 7.99. The monoisotopic (exact) mass is 353 g/mol. The van der Waals surface area contributed by atoms with Gasteiger partial charge in [0.05, 0.1) is 17.5 Å². The number of hydrogen-bond acceptors (Lipinski definition) is 5. The zero-order valence-electron chi connectivity index (χ0n) is 14.1. The lowest BCUT2D eigenvalue weighted by molar-refractivity contribution is -0.119. The molecule has 3 aromatic rings. The van der Waals surface area contributed by atoms with Crippen molar-refractivity contribution in [3.8, 4) is 5.69 Å². The third-order valence-electron chi connectivity index (χ3n) is 3.73. The van der Waals surface area contributed by atoms with Crippen molar-refractivity contribution in [1.29, 1.82) is 0 Å². The predicted molar refractivity (Wildman–Crippen MR) is 97.6 cm³/mol. The van der Waals surface area contributed by atoms with Crippen LogP contribution in [0.3, 0.4) is 0 Å². The van der Waals surface area contributed by atoms with Crippen LogP contribution in [0.5, 0.6) is 0 Å². The minimum Gasteiger partial charge on any atom is -0.349 e. The van der Waals surface area contributed by atoms with E-state index in [4.69, 9.17) is 0 Å². The first-order chi connectivity index (χ1) is 12.1. The summed E-state index contributed by atoms with van der Waals surface area (Å²) < 4.78 is 1.64. The molecule has 1 atom stereocenters. The molecule has 0 aliphatic heterocycles. The highest BCUT2D eigenvalue weighted by Gasteiger charge is 2.13. The minimum absolute atomic E-state index is 0.0395. The summed E-state index contributed by atoms with van der Waals surface area (Å²) in [4.78, 5) is 12.2. The highest BCUT2D eigenvalue weighted by atomic mass is 32.2. The molecule has 0 unspecified atom stereocenters. The van der Waals surface area contributed by atoms with E-state index in [1.807, 2.05) is 68.4 Å². The number of carbonyl (C=O) groups excluding carboxylic acids is 1. The molecular weight excluding hydrogens is 334 g/mol. The Hall–Kier alpha value is -2.67. The van der Waals surface area contributed by atoms with Crippen molar-refractivity contribution in [3.63, 3.8) is 0 Å². The van der Waals surface area contributed by atoms with Gasteiger partial charge in [-0.2, -0.15) is 4.68 Å². The summed E-state index contributed by atoms with van der Waals surface area (Å²) in [5.74, 6) is 0.198. The SMILES string of the molecule is Cc1ccc(-n2nnnc2SCC(=O)N[C@@H](C)c2ccccc2)cc1. The molecule has 0 saturated heterocycles. The summed E-state index contributed by atoms with van der Waals surface area (Å²) in [6.45, 7) is 3.99. The van der Waals surface area contributed by atoms with Crippen molar-refractivity contribution < 1.29 is 4.79 Å². The fraction of sp³-hybridized carbons (Fsp3) is 0.222. The Kier molecular flexibility index (Phi) is 5.45. The van der Waals surface area contributed by atoms with Gasteiger partial charge in [0, 0.05) is 0 Å². The number of tetrazole rings is 1. The number of rotatable bonds is 6. The predicted octanol–water partition coefficient (Wildman–Crippen LogP) is 2.94. The first-order valence-electron chi connectivity index (χ1n) is 7.96. The van der Waals surface area contributed by atoms with Gasteiger partial charge >= 0.3 is 0 Å². The van der Waals surface area contributed by atoms with Crippen molar-refractivity contribution in [3.05, 3.63) is 65.7 Å². The standard InChI is InChI=1S/C18H19N5OS/c1-13-8-10-16(11-9-13)23-18(20-21-22-23)25-12-17(24)19-14(2)15-6-4-3-5-7-15/h3-11,14H,12H2,1-2H3,(H,19,24)/t14-/m0/s1. The molecule has 0 radical (unpaired) electrons. The molecule has 128 valence electrons. The highest BCUT2D eigenvalue weighted by Crippen LogP contribution is 2.19. The van der Waals surface area contributed by atoms with Crippen LogP contribution < -0.4 is 5.32 Å². The maximum Gasteiger partial charge on any atom is 0.230 e. The molecular formula is C18H19N5OS. The largest absolute Gasteiger partial charge is 0.349 e. The van der Waals surface area contributed by atoms with E-state index in [2.05, 4.69) is 20.8 Å². The molecule has 1 heterocycles. The topological polar surface area (TPSA) is 72.7 Å². The van der Waals surface area contributed by atoms with Gasteiger partial charge in [-0.15, -0.1) is 5.10 Å². The number of nitrogens with zero attached hydrogens (tertiary/aromatic N) is 4. The molecule has 0 fully saturated rings. The van der Waals surface area contributed by atoms with Gasteiger partial charge in [-0.25, -0.2) is 0 Å². The Balaban J connectivity index is 1.60. The second kappa shape index (κ2) is 7.94. The molecule has 1 aromatic heterocycles. The summed E-state index contributed by atoms with van der Waals surface area (Å²) in [5, 5.41) is 15.3. The zero-order valence-corrected chi connectivity index (χ0v) is 14.9. The molecule has 0 saturated carbocycles. The van der Waals surface area contributed by atoms with Gasteiger partial charge in [0.1, 0.15) is 0 Å². The maximum absolute atomic E-state index is 12.2. The van der Waals surface area contributed by atoms with E-state index in [0.717, 1.165) is 11.3 Å². The summed E-state index contributed by atoms with van der Waals surface area (Å²) in [5.41, 5.74) is 3.11. The molecule has 25 heavy (non-hydrogen) atoms.